The Labute approximate surface area is 121 Å². The maximum Gasteiger partial charge on any atom is 0.257 e. The molecule has 0 aliphatic heterocycles. The van der Waals surface area contributed by atoms with Crippen LogP contribution in [0.3, 0.4) is 0 Å². The normalized spacial score (nSPS) is 11.6. The molecule has 1 aromatic carbocycles. The van der Waals surface area contributed by atoms with Crippen molar-refractivity contribution in [1.82, 2.24) is 24.5 Å². The number of hydrogen-bond donors (Lipinski definition) is 2. The van der Waals surface area contributed by atoms with Gasteiger partial charge in [0, 0.05) is 18.3 Å². The van der Waals surface area contributed by atoms with Gasteiger partial charge < -0.3 is 4.98 Å². The van der Waals surface area contributed by atoms with Gasteiger partial charge in [-0.2, -0.15) is 5.10 Å². The van der Waals surface area contributed by atoms with Crippen LogP contribution in [0, 0.1) is 0 Å². The summed E-state index contributed by atoms with van der Waals surface area (Å²) in [6.07, 6.45) is 5.99. The van der Waals surface area contributed by atoms with Crippen LogP contribution >= 0.6 is 0 Å². The summed E-state index contributed by atoms with van der Waals surface area (Å²) in [5.41, 5.74) is 1.68. The van der Waals surface area contributed by atoms with Crippen LogP contribution in [0.1, 0.15) is 5.56 Å². The summed E-state index contributed by atoms with van der Waals surface area (Å²) in [5, 5.41) is 4.25. The fourth-order valence-corrected chi connectivity index (χ4v) is 2.74. The van der Waals surface area contributed by atoms with E-state index in [4.69, 9.17) is 0 Å². The number of nitrogens with zero attached hydrogens (tertiary/aromatic N) is 3. The van der Waals surface area contributed by atoms with Crippen molar-refractivity contribution in [3.8, 4) is 5.69 Å². The van der Waals surface area contributed by atoms with Gasteiger partial charge in [-0.3, -0.25) is 0 Å². The number of aromatic nitrogens is 4. The molecule has 7 nitrogen and oxygen atoms in total. The van der Waals surface area contributed by atoms with Gasteiger partial charge in [0.2, 0.25) is 0 Å². The van der Waals surface area contributed by atoms with Crippen molar-refractivity contribution in [2.75, 3.05) is 0 Å². The molecular weight excluding hydrogens is 290 g/mol. The number of H-pyrrole nitrogens is 1. The highest BCUT2D eigenvalue weighted by Crippen LogP contribution is 2.09. The van der Waals surface area contributed by atoms with Crippen molar-refractivity contribution >= 4 is 10.0 Å². The second-order valence-corrected chi connectivity index (χ2v) is 6.10. The third kappa shape index (κ3) is 3.01. The van der Waals surface area contributed by atoms with Crippen molar-refractivity contribution in [3.63, 3.8) is 0 Å². The summed E-state index contributed by atoms with van der Waals surface area (Å²) in [5.74, 6) is 0. The van der Waals surface area contributed by atoms with Gasteiger partial charge in [-0.1, -0.05) is 18.2 Å². The third-order valence-corrected chi connectivity index (χ3v) is 4.21. The molecule has 0 aliphatic rings. The maximum atomic E-state index is 11.9. The molecule has 2 heterocycles. The Morgan fingerprint density at radius 3 is 2.71 bits per heavy atom. The predicted molar refractivity (Wildman–Crippen MR) is 76.2 cm³/mol. The molecule has 0 saturated heterocycles. The van der Waals surface area contributed by atoms with Crippen LogP contribution < -0.4 is 4.72 Å². The molecule has 2 aromatic heterocycles. The number of aromatic amines is 1. The molecule has 0 unspecified atom stereocenters. The number of nitrogens with one attached hydrogen (secondary N) is 2. The predicted octanol–water partition coefficient (Wildman–Crippen LogP) is 1.07. The number of sulfonamides is 1. The summed E-state index contributed by atoms with van der Waals surface area (Å²) < 4.78 is 28.1. The minimum Gasteiger partial charge on any atom is -0.335 e. The average molecular weight is 303 g/mol. The van der Waals surface area contributed by atoms with Gasteiger partial charge in [0.25, 0.3) is 10.0 Å². The summed E-state index contributed by atoms with van der Waals surface area (Å²) in [6.45, 7) is 0.161. The van der Waals surface area contributed by atoms with Crippen molar-refractivity contribution in [2.24, 2.45) is 0 Å². The van der Waals surface area contributed by atoms with E-state index in [1.54, 1.807) is 17.1 Å². The minimum absolute atomic E-state index is 0.0398. The number of hydrogen-bond acceptors (Lipinski definition) is 4. The highest BCUT2D eigenvalue weighted by molar-refractivity contribution is 7.89. The van der Waals surface area contributed by atoms with E-state index >= 15 is 0 Å². The number of para-hydroxylation sites is 1. The van der Waals surface area contributed by atoms with Crippen LogP contribution in [0.25, 0.3) is 5.69 Å². The molecule has 3 aromatic rings. The van der Waals surface area contributed by atoms with Crippen LogP contribution in [0.2, 0.25) is 0 Å². The quantitative estimate of drug-likeness (QED) is 0.737. The summed E-state index contributed by atoms with van der Waals surface area (Å²) in [7, 11) is -3.58. The number of imidazole rings is 1. The topological polar surface area (TPSA) is 92.7 Å². The lowest BCUT2D eigenvalue weighted by Crippen LogP contribution is -2.23. The van der Waals surface area contributed by atoms with Gasteiger partial charge in [-0.05, 0) is 12.1 Å². The van der Waals surface area contributed by atoms with E-state index in [9.17, 15) is 8.42 Å². The summed E-state index contributed by atoms with van der Waals surface area (Å²) in [4.78, 5) is 6.26. The van der Waals surface area contributed by atoms with E-state index < -0.39 is 10.0 Å². The molecule has 0 bridgehead atoms. The van der Waals surface area contributed by atoms with Crippen LogP contribution in [-0.2, 0) is 16.6 Å². The minimum atomic E-state index is -3.58. The highest BCUT2D eigenvalue weighted by Gasteiger charge is 2.15. The van der Waals surface area contributed by atoms with Gasteiger partial charge in [0.1, 0.15) is 0 Å². The number of rotatable bonds is 5. The van der Waals surface area contributed by atoms with Gasteiger partial charge >= 0.3 is 0 Å². The van der Waals surface area contributed by atoms with Crippen molar-refractivity contribution in [3.05, 3.63) is 60.8 Å². The molecule has 0 fully saturated rings. The summed E-state index contributed by atoms with van der Waals surface area (Å²) >= 11 is 0. The number of benzene rings is 1. The first kappa shape index (κ1) is 13.5. The molecule has 0 saturated carbocycles. The fourth-order valence-electron chi connectivity index (χ4n) is 1.82. The van der Waals surface area contributed by atoms with Crippen LogP contribution in [-0.4, -0.2) is 28.2 Å². The van der Waals surface area contributed by atoms with E-state index in [1.165, 1.54) is 12.5 Å². The van der Waals surface area contributed by atoms with Gasteiger partial charge in [-0.15, -0.1) is 0 Å². The van der Waals surface area contributed by atoms with E-state index in [-0.39, 0.29) is 11.6 Å². The fraction of sp³-hybridized carbons (Fsp3) is 0.0769. The molecule has 0 amide bonds. The molecule has 21 heavy (non-hydrogen) atoms. The van der Waals surface area contributed by atoms with E-state index in [1.807, 2.05) is 30.3 Å². The molecule has 0 radical (unpaired) electrons. The molecule has 8 heteroatoms. The lowest BCUT2D eigenvalue weighted by atomic mass is 10.3. The van der Waals surface area contributed by atoms with Gasteiger partial charge in [-0.25, -0.2) is 22.8 Å². The second kappa shape index (κ2) is 5.51. The Kier molecular flexibility index (Phi) is 3.55. The van der Waals surface area contributed by atoms with E-state index in [0.717, 1.165) is 11.3 Å². The zero-order valence-electron chi connectivity index (χ0n) is 11.0. The first-order valence-corrected chi connectivity index (χ1v) is 7.70. The smallest absolute Gasteiger partial charge is 0.257 e. The zero-order valence-corrected chi connectivity index (χ0v) is 11.8. The standard InChI is InChI=1S/C13H13N5O2S/c19-21(20,13-8-14-10-15-13)17-7-11-6-16-18(9-11)12-4-2-1-3-5-12/h1-6,8-10,17H,7H2,(H,14,15). The van der Waals surface area contributed by atoms with Crippen molar-refractivity contribution < 1.29 is 8.42 Å². The Bertz CT molecular complexity index is 809. The van der Waals surface area contributed by atoms with Crippen LogP contribution in [0.4, 0.5) is 0 Å². The largest absolute Gasteiger partial charge is 0.335 e. The second-order valence-electron chi connectivity index (χ2n) is 4.37. The zero-order chi connectivity index (χ0) is 14.7. The Hall–Kier alpha value is -2.45. The first-order chi connectivity index (χ1) is 10.1. The molecule has 0 spiro atoms. The average Bonchev–Trinajstić information content (AvgIpc) is 3.18. The summed E-state index contributed by atoms with van der Waals surface area (Å²) in [6, 6.07) is 9.60. The molecule has 2 N–H and O–H groups in total. The lowest BCUT2D eigenvalue weighted by Gasteiger charge is -2.02. The molecular formula is C13H13N5O2S. The SMILES string of the molecule is O=S(=O)(NCc1cnn(-c2ccccc2)c1)c1cnc[nH]1. The van der Waals surface area contributed by atoms with Crippen LogP contribution in [0.15, 0.2) is 60.3 Å². The first-order valence-electron chi connectivity index (χ1n) is 6.22. The van der Waals surface area contributed by atoms with E-state index in [2.05, 4.69) is 19.8 Å². The Morgan fingerprint density at radius 2 is 2.00 bits per heavy atom. The molecule has 0 atom stereocenters. The molecule has 3 rings (SSSR count). The lowest BCUT2D eigenvalue weighted by molar-refractivity contribution is 0.578. The Balaban J connectivity index is 1.71. The van der Waals surface area contributed by atoms with Crippen molar-refractivity contribution in [2.45, 2.75) is 11.6 Å². The third-order valence-electron chi connectivity index (χ3n) is 2.89. The molecule has 108 valence electrons. The van der Waals surface area contributed by atoms with E-state index in [0.29, 0.717) is 0 Å². The maximum absolute atomic E-state index is 11.9. The monoisotopic (exact) mass is 303 g/mol. The molecule has 0 aliphatic carbocycles. The van der Waals surface area contributed by atoms with Crippen LogP contribution in [0.5, 0.6) is 0 Å². The van der Waals surface area contributed by atoms with Gasteiger partial charge in [0.15, 0.2) is 5.03 Å². The van der Waals surface area contributed by atoms with Gasteiger partial charge in [0.05, 0.1) is 24.4 Å². The highest BCUT2D eigenvalue weighted by atomic mass is 32.2. The van der Waals surface area contributed by atoms with Crippen molar-refractivity contribution in [1.29, 1.82) is 0 Å². The Morgan fingerprint density at radius 1 is 1.19 bits per heavy atom.